The Balaban J connectivity index is 3.44. The predicted molar refractivity (Wildman–Crippen MR) is 133 cm³/mol. The molecule has 15 heteroatoms. The second-order valence-corrected chi connectivity index (χ2v) is 10.4. The summed E-state index contributed by atoms with van der Waals surface area (Å²) in [5, 5.41) is 5.15. The maximum Gasteiger partial charge on any atom is 0.500 e. The van der Waals surface area contributed by atoms with Crippen LogP contribution in [0.5, 0.6) is 0 Å². The summed E-state index contributed by atoms with van der Waals surface area (Å²) in [6.07, 6.45) is -0.503. The van der Waals surface area contributed by atoms with Crippen molar-refractivity contribution >= 4 is 27.0 Å². The van der Waals surface area contributed by atoms with Gasteiger partial charge in [0, 0.05) is 46.0 Å². The minimum absolute atomic E-state index is 0.0789. The summed E-state index contributed by atoms with van der Waals surface area (Å²) in [4.78, 5) is 34.3. The molecule has 0 rings (SSSR count). The Kier molecular flexibility index (Phi) is 21.5. The van der Waals surface area contributed by atoms with Gasteiger partial charge in [0.15, 0.2) is 0 Å². The zero-order valence-electron chi connectivity index (χ0n) is 22.3. The van der Waals surface area contributed by atoms with Crippen LogP contribution in [0.15, 0.2) is 12.2 Å². The van der Waals surface area contributed by atoms with Gasteiger partial charge in [-0.3, -0.25) is 0 Å². The van der Waals surface area contributed by atoms with E-state index in [-0.39, 0.29) is 52.8 Å². The number of hydrogen-bond acceptors (Lipinski definition) is 12. The average Bonchev–Trinajstić information content (AvgIpc) is 2.89. The van der Waals surface area contributed by atoms with Crippen molar-refractivity contribution in [3.05, 3.63) is 12.2 Å². The highest BCUT2D eigenvalue weighted by Gasteiger charge is 2.36. The summed E-state index contributed by atoms with van der Waals surface area (Å²) in [5.41, 5.74) is 0.321. The van der Waals surface area contributed by atoms with Gasteiger partial charge in [-0.25, -0.2) is 14.4 Å². The van der Waals surface area contributed by atoms with Crippen LogP contribution in [0.2, 0.25) is 6.04 Å². The third-order valence-electron chi connectivity index (χ3n) is 4.48. The number of rotatable bonds is 23. The van der Waals surface area contributed by atoms with Gasteiger partial charge in [-0.05, 0) is 13.3 Å². The van der Waals surface area contributed by atoms with Crippen LogP contribution < -0.4 is 10.6 Å². The van der Waals surface area contributed by atoms with Crippen LogP contribution in [0.3, 0.4) is 0 Å². The van der Waals surface area contributed by atoms with Crippen molar-refractivity contribution in [3.8, 4) is 0 Å². The molecule has 0 aromatic rings. The maximum absolute atomic E-state index is 11.6. The van der Waals surface area contributed by atoms with Crippen LogP contribution in [0.25, 0.3) is 0 Å². The van der Waals surface area contributed by atoms with Crippen molar-refractivity contribution in [2.75, 3.05) is 93.9 Å². The first-order valence-corrected chi connectivity index (χ1v) is 13.8. The SMILES string of the molecule is C=C(C)C(=O)OCCOCCNC(=O)OCCOCCOCCOC(=O)NCCC[Si](OC)(OC)OC. The second kappa shape index (κ2) is 22.9. The van der Waals surface area contributed by atoms with Crippen LogP contribution in [-0.2, 0) is 46.5 Å². The summed E-state index contributed by atoms with van der Waals surface area (Å²) < 4.78 is 46.5. The predicted octanol–water partition coefficient (Wildman–Crippen LogP) is 0.876. The standard InChI is InChI=1S/C22H42N2O12Si/c1-19(2)20(25)34-15-12-31-9-8-24-22(27)36-17-14-33-11-10-32-13-16-35-21(26)23-7-6-18-37(28-3,29-4)30-5/h1,6-18H2,2-5H3,(H,23,26)(H,24,27). The average molecular weight is 555 g/mol. The Bertz CT molecular complexity index is 641. The van der Waals surface area contributed by atoms with Crippen LogP contribution in [-0.4, -0.2) is 121 Å². The van der Waals surface area contributed by atoms with E-state index in [0.29, 0.717) is 37.8 Å². The molecule has 2 amide bonds. The van der Waals surface area contributed by atoms with Crippen molar-refractivity contribution in [2.24, 2.45) is 0 Å². The van der Waals surface area contributed by atoms with Gasteiger partial charge < -0.3 is 52.3 Å². The molecule has 0 saturated carbocycles. The highest BCUT2D eigenvalue weighted by atomic mass is 28.4. The first-order chi connectivity index (χ1) is 17.8. The molecular weight excluding hydrogens is 512 g/mol. The van der Waals surface area contributed by atoms with Gasteiger partial charge in [0.2, 0.25) is 0 Å². The van der Waals surface area contributed by atoms with E-state index >= 15 is 0 Å². The van der Waals surface area contributed by atoms with Crippen LogP contribution in [0.4, 0.5) is 9.59 Å². The fourth-order valence-corrected chi connectivity index (χ4v) is 4.23. The Morgan fingerprint density at radius 2 is 1.08 bits per heavy atom. The summed E-state index contributed by atoms with van der Waals surface area (Å²) in [7, 11) is 1.98. The lowest BCUT2D eigenvalue weighted by Gasteiger charge is -2.24. The number of nitrogens with one attached hydrogen (secondary N) is 2. The summed E-state index contributed by atoms with van der Waals surface area (Å²) in [5.74, 6) is -0.470. The Morgan fingerprint density at radius 1 is 0.649 bits per heavy atom. The molecule has 0 unspecified atom stereocenters. The van der Waals surface area contributed by atoms with Crippen molar-refractivity contribution in [3.63, 3.8) is 0 Å². The van der Waals surface area contributed by atoms with Crippen LogP contribution >= 0.6 is 0 Å². The number of ether oxygens (including phenoxy) is 6. The lowest BCUT2D eigenvalue weighted by Crippen LogP contribution is -2.43. The van der Waals surface area contributed by atoms with Gasteiger partial charge in [0.05, 0.1) is 39.6 Å². The van der Waals surface area contributed by atoms with E-state index in [9.17, 15) is 14.4 Å². The van der Waals surface area contributed by atoms with Crippen molar-refractivity contribution in [1.82, 2.24) is 10.6 Å². The second-order valence-electron chi connectivity index (χ2n) is 7.28. The van der Waals surface area contributed by atoms with Crippen LogP contribution in [0, 0.1) is 0 Å². The first-order valence-electron chi connectivity index (χ1n) is 11.8. The Morgan fingerprint density at radius 3 is 1.57 bits per heavy atom. The molecule has 216 valence electrons. The molecule has 2 N–H and O–H groups in total. The van der Waals surface area contributed by atoms with Gasteiger partial charge in [0.25, 0.3) is 0 Å². The molecule has 0 spiro atoms. The third kappa shape index (κ3) is 19.5. The molecule has 0 aromatic heterocycles. The van der Waals surface area contributed by atoms with E-state index in [1.54, 1.807) is 6.92 Å². The van der Waals surface area contributed by atoms with E-state index in [4.69, 9.17) is 41.7 Å². The number of alkyl carbamates (subject to hydrolysis) is 2. The zero-order chi connectivity index (χ0) is 27.8. The highest BCUT2D eigenvalue weighted by Crippen LogP contribution is 2.14. The van der Waals surface area contributed by atoms with E-state index in [2.05, 4.69) is 17.2 Å². The van der Waals surface area contributed by atoms with Gasteiger partial charge in [-0.1, -0.05) is 6.58 Å². The lowest BCUT2D eigenvalue weighted by molar-refractivity contribution is -0.140. The quantitative estimate of drug-likeness (QED) is 0.0605. The van der Waals surface area contributed by atoms with Crippen molar-refractivity contribution in [2.45, 2.75) is 19.4 Å². The summed E-state index contributed by atoms with van der Waals surface area (Å²) in [6.45, 7) is 7.47. The van der Waals surface area contributed by atoms with E-state index < -0.39 is 27.0 Å². The highest BCUT2D eigenvalue weighted by molar-refractivity contribution is 6.60. The summed E-state index contributed by atoms with van der Waals surface area (Å²) in [6, 6.07) is 0.572. The van der Waals surface area contributed by atoms with Gasteiger partial charge in [0.1, 0.15) is 19.8 Å². The smallest absolute Gasteiger partial charge is 0.460 e. The molecule has 0 aromatic carbocycles. The molecule has 0 aliphatic heterocycles. The number of hydrogen-bond donors (Lipinski definition) is 2. The van der Waals surface area contributed by atoms with E-state index in [1.807, 2.05) is 0 Å². The molecule has 0 bridgehead atoms. The molecule has 0 radical (unpaired) electrons. The number of carbonyl (C=O) groups is 3. The first kappa shape index (κ1) is 34.7. The molecule has 0 aliphatic carbocycles. The zero-order valence-corrected chi connectivity index (χ0v) is 23.3. The third-order valence-corrected chi connectivity index (χ3v) is 7.31. The molecule has 14 nitrogen and oxygen atoms in total. The Hall–Kier alpha value is -2.27. The minimum atomic E-state index is -2.63. The fraction of sp³-hybridized carbons (Fsp3) is 0.773. The van der Waals surface area contributed by atoms with E-state index in [1.165, 1.54) is 21.3 Å². The minimum Gasteiger partial charge on any atom is -0.460 e. The van der Waals surface area contributed by atoms with Gasteiger partial charge in [-0.2, -0.15) is 0 Å². The van der Waals surface area contributed by atoms with Crippen molar-refractivity contribution < 1.29 is 56.1 Å². The summed E-state index contributed by atoms with van der Waals surface area (Å²) >= 11 is 0. The number of carbonyl (C=O) groups excluding carboxylic acids is 3. The number of amides is 2. The van der Waals surface area contributed by atoms with Crippen molar-refractivity contribution in [1.29, 1.82) is 0 Å². The monoisotopic (exact) mass is 554 g/mol. The molecule has 37 heavy (non-hydrogen) atoms. The molecule has 0 aliphatic rings. The van der Waals surface area contributed by atoms with E-state index in [0.717, 1.165) is 0 Å². The molecule has 0 fully saturated rings. The largest absolute Gasteiger partial charge is 0.500 e. The normalized spacial score (nSPS) is 11.0. The molecule has 0 saturated heterocycles. The lowest BCUT2D eigenvalue weighted by atomic mass is 10.4. The molecule has 0 atom stereocenters. The maximum atomic E-state index is 11.6. The topological polar surface area (TPSA) is 158 Å². The number of esters is 1. The van der Waals surface area contributed by atoms with Gasteiger partial charge in [-0.15, -0.1) is 0 Å². The van der Waals surface area contributed by atoms with Crippen LogP contribution in [0.1, 0.15) is 13.3 Å². The molecular formula is C22H42N2O12Si. The Labute approximate surface area is 219 Å². The molecule has 0 heterocycles. The van der Waals surface area contributed by atoms with Gasteiger partial charge >= 0.3 is 27.0 Å². The fourth-order valence-electron chi connectivity index (χ4n) is 2.51.